The van der Waals surface area contributed by atoms with E-state index in [1.54, 1.807) is 0 Å². The van der Waals surface area contributed by atoms with Crippen LogP contribution in [-0.2, 0) is 20.0 Å². The van der Waals surface area contributed by atoms with Crippen LogP contribution in [0.3, 0.4) is 0 Å². The van der Waals surface area contributed by atoms with E-state index >= 15 is 0 Å². The molecule has 2 rings (SSSR count). The number of benzene rings is 2. The summed E-state index contributed by atoms with van der Waals surface area (Å²) in [5.74, 6) is -2.54. The third kappa shape index (κ3) is 6.34. The lowest BCUT2D eigenvalue weighted by Gasteiger charge is -2.01. The molecule has 0 aliphatic carbocycles. The molecule has 0 heterocycles. The quantitative estimate of drug-likeness (QED) is 0.402. The normalized spacial score (nSPS) is 11.5. The zero-order chi connectivity index (χ0) is 21.2. The van der Waals surface area contributed by atoms with Crippen LogP contribution in [0.2, 0.25) is 10.0 Å². The first kappa shape index (κ1) is 23.1. The minimum Gasteiger partial charge on any atom is -0.258 e. The van der Waals surface area contributed by atoms with Crippen LogP contribution in [0.1, 0.15) is 0 Å². The lowest BCUT2D eigenvalue weighted by atomic mass is 10.3. The van der Waals surface area contributed by atoms with Gasteiger partial charge in [0.15, 0.2) is 11.6 Å². The van der Waals surface area contributed by atoms with Gasteiger partial charge in [-0.1, -0.05) is 23.2 Å². The van der Waals surface area contributed by atoms with E-state index < -0.39 is 52.2 Å². The highest BCUT2D eigenvalue weighted by atomic mass is 35.5. The number of nitrogens with zero attached hydrogens (tertiary/aromatic N) is 1. The predicted octanol–water partition coefficient (Wildman–Crippen LogP) is 2.16. The maximum absolute atomic E-state index is 12.5. The van der Waals surface area contributed by atoms with E-state index in [1.807, 2.05) is 0 Å². The fourth-order valence-electron chi connectivity index (χ4n) is 1.53. The summed E-state index contributed by atoms with van der Waals surface area (Å²) in [5.41, 5.74) is -0.488. The van der Waals surface area contributed by atoms with Crippen LogP contribution in [-0.4, -0.2) is 21.8 Å². The largest absolute Gasteiger partial charge is 0.289 e. The first-order valence-electron chi connectivity index (χ1n) is 6.28. The Labute approximate surface area is 161 Å². The van der Waals surface area contributed by atoms with E-state index in [4.69, 9.17) is 28.3 Å². The molecule has 0 atom stereocenters. The summed E-state index contributed by atoms with van der Waals surface area (Å²) in [6, 6.07) is 4.02. The first-order chi connectivity index (χ1) is 12.1. The molecule has 4 N–H and O–H groups in total. The summed E-state index contributed by atoms with van der Waals surface area (Å²) < 4.78 is 68.1. The lowest BCUT2D eigenvalue weighted by Crippen LogP contribution is -2.13. The Morgan fingerprint density at radius 1 is 0.889 bits per heavy atom. The fourth-order valence-corrected chi connectivity index (χ4v) is 3.32. The maximum atomic E-state index is 12.5. The molecule has 0 aromatic heterocycles. The Morgan fingerprint density at radius 3 is 1.85 bits per heavy atom. The average molecular weight is 464 g/mol. The minimum absolute atomic E-state index is 0.137. The van der Waals surface area contributed by atoms with Crippen LogP contribution >= 0.6 is 23.2 Å². The summed E-state index contributed by atoms with van der Waals surface area (Å²) in [5, 5.41) is 19.3. The van der Waals surface area contributed by atoms with Gasteiger partial charge in [0.1, 0.15) is 9.92 Å². The van der Waals surface area contributed by atoms with Crippen LogP contribution in [0.5, 0.6) is 0 Å². The topological polar surface area (TPSA) is 163 Å². The molecule has 27 heavy (non-hydrogen) atoms. The van der Waals surface area contributed by atoms with Gasteiger partial charge in [-0.3, -0.25) is 10.1 Å². The van der Waals surface area contributed by atoms with Crippen molar-refractivity contribution >= 4 is 48.9 Å². The van der Waals surface area contributed by atoms with Gasteiger partial charge in [-0.2, -0.15) is 0 Å². The van der Waals surface area contributed by atoms with Crippen molar-refractivity contribution in [1.82, 2.24) is 0 Å². The second kappa shape index (κ2) is 8.41. The molecule has 0 bridgehead atoms. The molecule has 0 unspecified atom stereocenters. The Bertz CT molecular complexity index is 1110. The first-order valence-corrected chi connectivity index (χ1v) is 10.1. The van der Waals surface area contributed by atoms with Crippen molar-refractivity contribution in [3.05, 3.63) is 62.1 Å². The number of primary sulfonamides is 2. The second-order valence-corrected chi connectivity index (χ2v) is 8.56. The highest BCUT2D eigenvalue weighted by molar-refractivity contribution is 7.89. The van der Waals surface area contributed by atoms with Gasteiger partial charge in [-0.05, 0) is 24.3 Å². The molecular formula is C12H9Cl2F2N3O6S2. The highest BCUT2D eigenvalue weighted by Gasteiger charge is 2.18. The van der Waals surface area contributed by atoms with E-state index in [2.05, 4.69) is 5.14 Å². The van der Waals surface area contributed by atoms with Gasteiger partial charge in [0, 0.05) is 6.07 Å². The Hall–Kier alpha value is -1.90. The number of nitro benzene ring substituents is 1. The van der Waals surface area contributed by atoms with E-state index in [9.17, 15) is 35.7 Å². The summed E-state index contributed by atoms with van der Waals surface area (Å²) >= 11 is 10.8. The molecule has 0 saturated carbocycles. The molecular weight excluding hydrogens is 455 g/mol. The van der Waals surface area contributed by atoms with Crippen LogP contribution in [0, 0.1) is 21.7 Å². The number of hydrogen-bond donors (Lipinski definition) is 2. The van der Waals surface area contributed by atoms with Crippen molar-refractivity contribution < 1.29 is 30.5 Å². The zero-order valence-corrected chi connectivity index (χ0v) is 15.9. The van der Waals surface area contributed by atoms with Crippen molar-refractivity contribution in [1.29, 1.82) is 0 Å². The number of rotatable bonds is 3. The molecule has 0 amide bonds. The van der Waals surface area contributed by atoms with Crippen LogP contribution in [0.25, 0.3) is 0 Å². The Kier molecular flexibility index (Phi) is 7.21. The molecule has 2 aromatic rings. The highest BCUT2D eigenvalue weighted by Crippen LogP contribution is 2.26. The SMILES string of the molecule is NS(=O)(=O)c1cc(F)c(F)cc1Cl.NS(=O)(=O)c1ccc(Cl)c([N+](=O)[O-])c1. The summed E-state index contributed by atoms with van der Waals surface area (Å²) in [6.45, 7) is 0. The van der Waals surface area contributed by atoms with Gasteiger partial charge in [-0.25, -0.2) is 35.9 Å². The molecule has 0 spiro atoms. The van der Waals surface area contributed by atoms with Gasteiger partial charge in [-0.15, -0.1) is 0 Å². The second-order valence-electron chi connectivity index (χ2n) is 4.66. The number of halogens is 4. The van der Waals surface area contributed by atoms with Gasteiger partial charge in [0.25, 0.3) is 5.69 Å². The molecule has 0 fully saturated rings. The third-order valence-electron chi connectivity index (χ3n) is 2.72. The minimum atomic E-state index is -4.11. The van der Waals surface area contributed by atoms with Crippen molar-refractivity contribution in [2.24, 2.45) is 10.3 Å². The van der Waals surface area contributed by atoms with Crippen molar-refractivity contribution in [3.8, 4) is 0 Å². The van der Waals surface area contributed by atoms with E-state index in [1.165, 1.54) is 0 Å². The Morgan fingerprint density at radius 2 is 1.41 bits per heavy atom. The van der Waals surface area contributed by atoms with Crippen LogP contribution < -0.4 is 10.3 Å². The molecule has 0 saturated heterocycles. The third-order valence-corrected chi connectivity index (χ3v) is 5.33. The zero-order valence-electron chi connectivity index (χ0n) is 12.8. The molecule has 148 valence electrons. The predicted molar refractivity (Wildman–Crippen MR) is 92.2 cm³/mol. The van der Waals surface area contributed by atoms with Gasteiger partial charge in [0.2, 0.25) is 20.0 Å². The van der Waals surface area contributed by atoms with E-state index in [0.717, 1.165) is 18.2 Å². The Balaban J connectivity index is 0.000000271. The molecule has 0 radical (unpaired) electrons. The molecule has 2 aromatic carbocycles. The van der Waals surface area contributed by atoms with Crippen molar-refractivity contribution in [3.63, 3.8) is 0 Å². The lowest BCUT2D eigenvalue weighted by molar-refractivity contribution is -0.384. The maximum Gasteiger partial charge on any atom is 0.289 e. The summed E-state index contributed by atoms with van der Waals surface area (Å²) in [7, 11) is -8.05. The van der Waals surface area contributed by atoms with Crippen molar-refractivity contribution in [2.45, 2.75) is 9.79 Å². The number of nitrogens with two attached hydrogens (primary N) is 2. The number of nitro groups is 1. The molecule has 0 aliphatic heterocycles. The molecule has 0 aliphatic rings. The number of sulfonamides is 2. The molecule has 15 heteroatoms. The summed E-state index contributed by atoms with van der Waals surface area (Å²) in [4.78, 5) is 8.63. The standard InChI is InChI=1S/C6H4ClF2NO2S.C6H5ClN2O4S/c7-3-1-4(8)5(9)2-6(3)13(10,11)12;7-5-2-1-4(14(8,12)13)3-6(5)9(10)11/h1-2H,(H2,10,11,12);1-3H,(H2,8,12,13). The van der Waals surface area contributed by atoms with Gasteiger partial charge >= 0.3 is 0 Å². The molecule has 9 nitrogen and oxygen atoms in total. The van der Waals surface area contributed by atoms with Crippen molar-refractivity contribution in [2.75, 3.05) is 0 Å². The van der Waals surface area contributed by atoms with Gasteiger partial charge in [0.05, 0.1) is 14.8 Å². The van der Waals surface area contributed by atoms with Crippen LogP contribution in [0.15, 0.2) is 40.1 Å². The average Bonchev–Trinajstić information content (AvgIpc) is 2.49. The number of hydrogen-bond acceptors (Lipinski definition) is 6. The summed E-state index contributed by atoms with van der Waals surface area (Å²) in [6.07, 6.45) is 0. The van der Waals surface area contributed by atoms with E-state index in [0.29, 0.717) is 12.1 Å². The van der Waals surface area contributed by atoms with E-state index in [-0.39, 0.29) is 9.92 Å². The monoisotopic (exact) mass is 463 g/mol. The smallest absolute Gasteiger partial charge is 0.258 e. The van der Waals surface area contributed by atoms with Gasteiger partial charge < -0.3 is 0 Å². The fraction of sp³-hybridized carbons (Fsp3) is 0. The van der Waals surface area contributed by atoms with Crippen LogP contribution in [0.4, 0.5) is 14.5 Å².